The van der Waals surface area contributed by atoms with Crippen molar-refractivity contribution < 1.29 is 4.79 Å². The lowest BCUT2D eigenvalue weighted by atomic mass is 9.85. The Morgan fingerprint density at radius 1 is 1.09 bits per heavy atom. The first-order valence-corrected chi connectivity index (χ1v) is 9.06. The third-order valence-corrected chi connectivity index (χ3v) is 5.80. The molecule has 0 N–H and O–H groups in total. The van der Waals surface area contributed by atoms with Crippen molar-refractivity contribution in [2.45, 2.75) is 57.5 Å². The summed E-state index contributed by atoms with van der Waals surface area (Å²) in [7, 11) is 1.95. The quantitative estimate of drug-likeness (QED) is 0.859. The molecule has 1 saturated carbocycles. The van der Waals surface area contributed by atoms with E-state index in [0.717, 1.165) is 43.5 Å². The Labute approximate surface area is 139 Å². The molecule has 1 saturated heterocycles. The number of hydrogen-bond donors (Lipinski definition) is 0. The van der Waals surface area contributed by atoms with Crippen molar-refractivity contribution in [1.29, 1.82) is 0 Å². The van der Waals surface area contributed by atoms with E-state index in [-0.39, 0.29) is 5.91 Å². The molecule has 126 valence electrons. The van der Waals surface area contributed by atoms with Crippen molar-refractivity contribution >= 4 is 5.91 Å². The SMILES string of the molecule is CC1CCC(N2CCC(N(C)C(=O)c3ccncc3)CC2)CC1. The van der Waals surface area contributed by atoms with Gasteiger partial charge in [0.2, 0.25) is 0 Å². The molecule has 0 radical (unpaired) electrons. The van der Waals surface area contributed by atoms with Crippen LogP contribution in [0.1, 0.15) is 55.8 Å². The first-order valence-electron chi connectivity index (χ1n) is 9.06. The monoisotopic (exact) mass is 315 g/mol. The van der Waals surface area contributed by atoms with Crippen molar-refractivity contribution in [3.63, 3.8) is 0 Å². The van der Waals surface area contributed by atoms with Crippen LogP contribution in [0.2, 0.25) is 0 Å². The van der Waals surface area contributed by atoms with Crippen LogP contribution >= 0.6 is 0 Å². The number of pyridine rings is 1. The van der Waals surface area contributed by atoms with Crippen LogP contribution in [0.5, 0.6) is 0 Å². The van der Waals surface area contributed by atoms with E-state index in [9.17, 15) is 4.79 Å². The van der Waals surface area contributed by atoms with Crippen LogP contribution in [0.4, 0.5) is 0 Å². The maximum absolute atomic E-state index is 12.5. The van der Waals surface area contributed by atoms with Gasteiger partial charge < -0.3 is 9.80 Å². The highest BCUT2D eigenvalue weighted by Crippen LogP contribution is 2.29. The predicted molar refractivity (Wildman–Crippen MR) is 92.3 cm³/mol. The molecule has 4 nitrogen and oxygen atoms in total. The fraction of sp³-hybridized carbons (Fsp3) is 0.684. The molecule has 1 amide bonds. The molecule has 2 aliphatic rings. The lowest BCUT2D eigenvalue weighted by Gasteiger charge is -2.42. The molecule has 0 spiro atoms. The van der Waals surface area contributed by atoms with Gasteiger partial charge in [0.1, 0.15) is 0 Å². The minimum absolute atomic E-state index is 0.123. The van der Waals surface area contributed by atoms with Crippen molar-refractivity contribution in [2.75, 3.05) is 20.1 Å². The Bertz CT molecular complexity index is 503. The Kier molecular flexibility index (Phi) is 5.31. The van der Waals surface area contributed by atoms with Crippen LogP contribution in [0, 0.1) is 5.92 Å². The Morgan fingerprint density at radius 3 is 2.30 bits per heavy atom. The number of aromatic nitrogens is 1. The number of nitrogens with zero attached hydrogens (tertiary/aromatic N) is 3. The number of amides is 1. The second-order valence-electron chi connectivity index (χ2n) is 7.33. The number of likely N-dealkylation sites (tertiary alicyclic amines) is 1. The molecule has 1 aromatic rings. The summed E-state index contributed by atoms with van der Waals surface area (Å²) in [5, 5.41) is 0. The Balaban J connectivity index is 1.51. The van der Waals surface area contributed by atoms with Gasteiger partial charge in [0.25, 0.3) is 5.91 Å². The summed E-state index contributed by atoms with van der Waals surface area (Å²) < 4.78 is 0. The molecule has 0 unspecified atom stereocenters. The highest BCUT2D eigenvalue weighted by atomic mass is 16.2. The molecule has 0 atom stereocenters. The van der Waals surface area contributed by atoms with Gasteiger partial charge >= 0.3 is 0 Å². The minimum Gasteiger partial charge on any atom is -0.339 e. The molecule has 2 heterocycles. The minimum atomic E-state index is 0.123. The second-order valence-corrected chi connectivity index (χ2v) is 7.33. The smallest absolute Gasteiger partial charge is 0.253 e. The van der Waals surface area contributed by atoms with Gasteiger partial charge in [0.05, 0.1) is 0 Å². The highest BCUT2D eigenvalue weighted by molar-refractivity contribution is 5.94. The number of piperidine rings is 1. The van der Waals surface area contributed by atoms with Gasteiger partial charge in [-0.2, -0.15) is 0 Å². The van der Waals surface area contributed by atoms with Crippen LogP contribution in [-0.4, -0.2) is 52.9 Å². The second kappa shape index (κ2) is 7.43. The summed E-state index contributed by atoms with van der Waals surface area (Å²) in [6.07, 6.45) is 11.0. The van der Waals surface area contributed by atoms with Crippen molar-refractivity contribution in [2.24, 2.45) is 5.92 Å². The highest BCUT2D eigenvalue weighted by Gasteiger charge is 2.30. The van der Waals surface area contributed by atoms with Gasteiger partial charge in [0, 0.05) is 50.2 Å². The maximum Gasteiger partial charge on any atom is 0.253 e. The molecule has 0 bridgehead atoms. The average Bonchev–Trinajstić information content (AvgIpc) is 2.62. The number of rotatable bonds is 3. The van der Waals surface area contributed by atoms with E-state index < -0.39 is 0 Å². The molecule has 4 heteroatoms. The molecule has 1 aliphatic carbocycles. The molecule has 1 aliphatic heterocycles. The van der Waals surface area contributed by atoms with Crippen molar-refractivity contribution in [1.82, 2.24) is 14.8 Å². The summed E-state index contributed by atoms with van der Waals surface area (Å²) in [4.78, 5) is 21.2. The van der Waals surface area contributed by atoms with E-state index in [1.165, 1.54) is 25.7 Å². The first-order chi connectivity index (χ1) is 11.1. The Morgan fingerprint density at radius 2 is 1.70 bits per heavy atom. The third kappa shape index (κ3) is 3.92. The van der Waals surface area contributed by atoms with E-state index in [2.05, 4.69) is 16.8 Å². The fourth-order valence-corrected chi connectivity index (χ4v) is 4.11. The van der Waals surface area contributed by atoms with Crippen molar-refractivity contribution in [3.8, 4) is 0 Å². The van der Waals surface area contributed by atoms with E-state index in [1.807, 2.05) is 11.9 Å². The van der Waals surface area contributed by atoms with Crippen molar-refractivity contribution in [3.05, 3.63) is 30.1 Å². The lowest BCUT2D eigenvalue weighted by Crippen LogP contribution is -2.49. The van der Waals surface area contributed by atoms with Gasteiger partial charge in [-0.3, -0.25) is 9.78 Å². The van der Waals surface area contributed by atoms with Gasteiger partial charge in [0.15, 0.2) is 0 Å². The Hall–Kier alpha value is -1.42. The summed E-state index contributed by atoms with van der Waals surface area (Å²) >= 11 is 0. The van der Waals surface area contributed by atoms with Crippen LogP contribution in [-0.2, 0) is 0 Å². The summed E-state index contributed by atoms with van der Waals surface area (Å²) in [5.41, 5.74) is 0.742. The standard InChI is InChI=1S/C19H29N3O/c1-15-3-5-18(6-4-15)22-13-9-17(10-14-22)21(2)19(23)16-7-11-20-12-8-16/h7-8,11-12,15,17-18H,3-6,9-10,13-14H2,1-2H3. The topological polar surface area (TPSA) is 36.4 Å². The lowest BCUT2D eigenvalue weighted by molar-refractivity contribution is 0.0539. The van der Waals surface area contributed by atoms with Gasteiger partial charge in [-0.05, 0) is 56.6 Å². The number of carbonyl (C=O) groups excluding carboxylic acids is 1. The maximum atomic E-state index is 12.5. The van der Waals surface area contributed by atoms with Gasteiger partial charge in [-0.1, -0.05) is 6.92 Å². The molecule has 0 aromatic carbocycles. The molecular weight excluding hydrogens is 286 g/mol. The zero-order chi connectivity index (χ0) is 16.2. The number of carbonyl (C=O) groups is 1. The average molecular weight is 315 g/mol. The van der Waals surface area contributed by atoms with E-state index in [4.69, 9.17) is 0 Å². The molecular formula is C19H29N3O. The molecule has 23 heavy (non-hydrogen) atoms. The van der Waals surface area contributed by atoms with Gasteiger partial charge in [-0.15, -0.1) is 0 Å². The number of hydrogen-bond acceptors (Lipinski definition) is 3. The van der Waals surface area contributed by atoms with E-state index >= 15 is 0 Å². The van der Waals surface area contributed by atoms with E-state index in [0.29, 0.717) is 6.04 Å². The summed E-state index contributed by atoms with van der Waals surface area (Å²) in [6.45, 7) is 4.65. The zero-order valence-electron chi connectivity index (χ0n) is 14.4. The summed E-state index contributed by atoms with van der Waals surface area (Å²) in [5.74, 6) is 1.03. The molecule has 2 fully saturated rings. The van der Waals surface area contributed by atoms with Gasteiger partial charge in [-0.25, -0.2) is 0 Å². The van der Waals surface area contributed by atoms with Crippen LogP contribution in [0.15, 0.2) is 24.5 Å². The molecule has 1 aromatic heterocycles. The third-order valence-electron chi connectivity index (χ3n) is 5.80. The largest absolute Gasteiger partial charge is 0.339 e. The molecule has 3 rings (SSSR count). The zero-order valence-corrected chi connectivity index (χ0v) is 14.4. The van der Waals surface area contributed by atoms with Crippen LogP contribution in [0.3, 0.4) is 0 Å². The van der Waals surface area contributed by atoms with E-state index in [1.54, 1.807) is 24.5 Å². The fourth-order valence-electron chi connectivity index (χ4n) is 4.11. The summed E-state index contributed by atoms with van der Waals surface area (Å²) in [6, 6.07) is 4.76. The first kappa shape index (κ1) is 16.4. The predicted octanol–water partition coefficient (Wildman–Crippen LogP) is 3.20. The normalized spacial score (nSPS) is 26.9. The van der Waals surface area contributed by atoms with Crippen LogP contribution < -0.4 is 0 Å². The van der Waals surface area contributed by atoms with Crippen LogP contribution in [0.25, 0.3) is 0 Å².